The van der Waals surface area contributed by atoms with E-state index in [1.807, 2.05) is 30.3 Å². The first-order chi connectivity index (χ1) is 7.72. The van der Waals surface area contributed by atoms with Crippen LogP contribution in [0.4, 0.5) is 0 Å². The quantitative estimate of drug-likeness (QED) is 0.784. The van der Waals surface area contributed by atoms with Gasteiger partial charge in [0.05, 0.1) is 4.47 Å². The van der Waals surface area contributed by atoms with Crippen LogP contribution in [0.15, 0.2) is 46.9 Å². The number of halogens is 2. The van der Waals surface area contributed by atoms with E-state index in [4.69, 9.17) is 0 Å². The van der Waals surface area contributed by atoms with Crippen molar-refractivity contribution in [1.82, 2.24) is 0 Å². The zero-order chi connectivity index (χ0) is 11.5. The Morgan fingerprint density at radius 2 is 1.69 bits per heavy atom. The van der Waals surface area contributed by atoms with Crippen molar-refractivity contribution in [1.29, 1.82) is 0 Å². The molecule has 0 radical (unpaired) electrons. The molecular formula is C13H10Br2O. The fraction of sp³-hybridized carbons (Fsp3) is 0.0769. The van der Waals surface area contributed by atoms with Crippen molar-refractivity contribution in [3.05, 3.63) is 52.5 Å². The predicted octanol–water partition coefficient (Wildman–Crippen LogP) is 4.72. The maximum atomic E-state index is 9.79. The van der Waals surface area contributed by atoms with E-state index in [1.165, 1.54) is 0 Å². The lowest BCUT2D eigenvalue weighted by molar-refractivity contribution is 0.467. The highest BCUT2D eigenvalue weighted by Gasteiger charge is 2.08. The van der Waals surface area contributed by atoms with Gasteiger partial charge >= 0.3 is 0 Å². The molecule has 1 nitrogen and oxygen atoms in total. The minimum Gasteiger partial charge on any atom is -0.506 e. The first kappa shape index (κ1) is 11.7. The second-order valence-electron chi connectivity index (χ2n) is 3.47. The lowest BCUT2D eigenvalue weighted by atomic mass is 10.0. The molecule has 0 saturated heterocycles. The molecule has 0 aliphatic heterocycles. The van der Waals surface area contributed by atoms with Crippen LogP contribution in [0.5, 0.6) is 5.75 Å². The van der Waals surface area contributed by atoms with Crippen LogP contribution < -0.4 is 0 Å². The second-order valence-corrected chi connectivity index (χ2v) is 4.88. The first-order valence-corrected chi connectivity index (χ1v) is 6.76. The number of aromatic hydroxyl groups is 1. The van der Waals surface area contributed by atoms with Gasteiger partial charge in [0, 0.05) is 10.9 Å². The van der Waals surface area contributed by atoms with Crippen molar-refractivity contribution in [3.63, 3.8) is 0 Å². The summed E-state index contributed by atoms with van der Waals surface area (Å²) in [6.45, 7) is 0. The molecule has 0 aliphatic carbocycles. The van der Waals surface area contributed by atoms with Gasteiger partial charge in [0.1, 0.15) is 5.75 Å². The highest BCUT2D eigenvalue weighted by Crippen LogP contribution is 2.34. The smallest absolute Gasteiger partial charge is 0.133 e. The Morgan fingerprint density at radius 1 is 1.00 bits per heavy atom. The first-order valence-electron chi connectivity index (χ1n) is 4.85. The largest absolute Gasteiger partial charge is 0.506 e. The zero-order valence-corrected chi connectivity index (χ0v) is 11.6. The van der Waals surface area contributed by atoms with Crippen molar-refractivity contribution in [2.45, 2.75) is 5.33 Å². The molecule has 16 heavy (non-hydrogen) atoms. The molecule has 1 N–H and O–H groups in total. The molecule has 0 heterocycles. The second kappa shape index (κ2) is 5.02. The Morgan fingerprint density at radius 3 is 2.31 bits per heavy atom. The maximum absolute atomic E-state index is 9.79. The van der Waals surface area contributed by atoms with E-state index >= 15 is 0 Å². The third-order valence-corrected chi connectivity index (χ3v) is 3.60. The van der Waals surface area contributed by atoms with Crippen LogP contribution in [0.1, 0.15) is 5.56 Å². The van der Waals surface area contributed by atoms with Crippen molar-refractivity contribution < 1.29 is 5.11 Å². The van der Waals surface area contributed by atoms with E-state index in [1.54, 1.807) is 0 Å². The fourth-order valence-electron chi connectivity index (χ4n) is 1.56. The number of phenolic OH excluding ortho intramolecular Hbond substituents is 1. The third kappa shape index (κ3) is 2.30. The summed E-state index contributed by atoms with van der Waals surface area (Å²) in [6.07, 6.45) is 0. The molecule has 3 heteroatoms. The molecule has 0 bridgehead atoms. The summed E-state index contributed by atoms with van der Waals surface area (Å²) in [5.74, 6) is 0.302. The normalized spacial score (nSPS) is 10.4. The third-order valence-electron chi connectivity index (χ3n) is 2.39. The molecule has 0 amide bonds. The van der Waals surface area contributed by atoms with Gasteiger partial charge in [-0.1, -0.05) is 46.3 Å². The number of hydrogen-bond acceptors (Lipinski definition) is 1. The van der Waals surface area contributed by atoms with Crippen molar-refractivity contribution in [3.8, 4) is 16.9 Å². The average Bonchev–Trinajstić information content (AvgIpc) is 2.33. The summed E-state index contributed by atoms with van der Waals surface area (Å²) in [4.78, 5) is 0. The molecule has 2 rings (SSSR count). The maximum Gasteiger partial charge on any atom is 0.133 e. The Labute approximate surface area is 111 Å². The molecule has 0 fully saturated rings. The Bertz CT molecular complexity index is 495. The molecule has 82 valence electrons. The van der Waals surface area contributed by atoms with Crippen molar-refractivity contribution in [2.75, 3.05) is 0 Å². The van der Waals surface area contributed by atoms with E-state index in [0.717, 1.165) is 21.2 Å². The molecule has 0 spiro atoms. The van der Waals surface area contributed by atoms with Gasteiger partial charge < -0.3 is 5.11 Å². The number of alkyl halides is 1. The lowest BCUT2D eigenvalue weighted by Crippen LogP contribution is -1.84. The summed E-state index contributed by atoms with van der Waals surface area (Å²) in [5.41, 5.74) is 3.12. The monoisotopic (exact) mass is 340 g/mol. The van der Waals surface area contributed by atoms with Gasteiger partial charge in [-0.2, -0.15) is 0 Å². The number of hydrogen-bond donors (Lipinski definition) is 1. The van der Waals surface area contributed by atoms with Gasteiger partial charge in [-0.25, -0.2) is 0 Å². The van der Waals surface area contributed by atoms with Crippen LogP contribution in [-0.2, 0) is 5.33 Å². The van der Waals surface area contributed by atoms with E-state index in [2.05, 4.69) is 44.0 Å². The van der Waals surface area contributed by atoms with Crippen molar-refractivity contribution >= 4 is 31.9 Å². The van der Waals surface area contributed by atoms with Crippen LogP contribution in [0.2, 0.25) is 0 Å². The van der Waals surface area contributed by atoms with Crippen LogP contribution in [0.25, 0.3) is 11.1 Å². The lowest BCUT2D eigenvalue weighted by Gasteiger charge is -2.08. The van der Waals surface area contributed by atoms with E-state index < -0.39 is 0 Å². The van der Waals surface area contributed by atoms with Gasteiger partial charge in [0.2, 0.25) is 0 Å². The van der Waals surface area contributed by atoms with Gasteiger partial charge in [-0.3, -0.25) is 0 Å². The number of phenols is 1. The summed E-state index contributed by atoms with van der Waals surface area (Å²) >= 11 is 6.73. The summed E-state index contributed by atoms with van der Waals surface area (Å²) in [6, 6.07) is 14.0. The van der Waals surface area contributed by atoms with E-state index in [-0.39, 0.29) is 0 Å². The molecule has 0 aliphatic rings. The molecule has 0 aromatic heterocycles. The fourth-order valence-corrected chi connectivity index (χ4v) is 2.48. The van der Waals surface area contributed by atoms with Gasteiger partial charge in [0.15, 0.2) is 0 Å². The number of rotatable bonds is 2. The van der Waals surface area contributed by atoms with Crippen LogP contribution in [0.3, 0.4) is 0 Å². The molecule has 2 aromatic rings. The molecular weight excluding hydrogens is 332 g/mol. The van der Waals surface area contributed by atoms with Crippen LogP contribution in [-0.4, -0.2) is 5.11 Å². The highest BCUT2D eigenvalue weighted by molar-refractivity contribution is 9.10. The average molecular weight is 342 g/mol. The topological polar surface area (TPSA) is 20.2 Å². The molecule has 2 aromatic carbocycles. The molecule has 0 atom stereocenters. The molecule has 0 unspecified atom stereocenters. The Kier molecular flexibility index (Phi) is 3.66. The standard InChI is InChI=1S/C13H10Br2O/c14-8-11-6-10(7-12(15)13(11)16)9-4-2-1-3-5-9/h1-7,16H,8H2. The van der Waals surface area contributed by atoms with Gasteiger partial charge in [0.25, 0.3) is 0 Å². The van der Waals surface area contributed by atoms with Crippen molar-refractivity contribution in [2.24, 2.45) is 0 Å². The zero-order valence-electron chi connectivity index (χ0n) is 8.45. The number of benzene rings is 2. The summed E-state index contributed by atoms with van der Waals surface area (Å²) in [7, 11) is 0. The minimum absolute atomic E-state index is 0.302. The van der Waals surface area contributed by atoms with E-state index in [0.29, 0.717) is 11.1 Å². The summed E-state index contributed by atoms with van der Waals surface area (Å²) < 4.78 is 0.725. The van der Waals surface area contributed by atoms with Gasteiger partial charge in [-0.05, 0) is 39.2 Å². The molecule has 0 saturated carbocycles. The van der Waals surface area contributed by atoms with Crippen LogP contribution >= 0.6 is 31.9 Å². The minimum atomic E-state index is 0.302. The Balaban J connectivity index is 2.55. The SMILES string of the molecule is Oc1c(Br)cc(-c2ccccc2)cc1CBr. The Hall–Kier alpha value is -0.800. The van der Waals surface area contributed by atoms with Gasteiger partial charge in [-0.15, -0.1) is 0 Å². The summed E-state index contributed by atoms with van der Waals surface area (Å²) in [5, 5.41) is 10.4. The van der Waals surface area contributed by atoms with Crippen LogP contribution in [0, 0.1) is 0 Å². The van der Waals surface area contributed by atoms with E-state index in [9.17, 15) is 5.11 Å². The highest BCUT2D eigenvalue weighted by atomic mass is 79.9. The predicted molar refractivity (Wildman–Crippen MR) is 73.9 cm³/mol.